The number of rotatable bonds is 2. The minimum atomic E-state index is -0.532. The topological polar surface area (TPSA) is 12.0 Å². The van der Waals surface area contributed by atoms with Gasteiger partial charge in [-0.05, 0) is 24.7 Å². The fourth-order valence-corrected chi connectivity index (χ4v) is 0.917. The predicted molar refractivity (Wildman–Crippen MR) is 39.1 cm³/mol. The first-order valence-corrected chi connectivity index (χ1v) is 3.32. The van der Waals surface area contributed by atoms with E-state index in [0.29, 0.717) is 12.1 Å². The molecule has 0 fully saturated rings. The molecule has 3 heteroatoms. The lowest BCUT2D eigenvalue weighted by atomic mass is 10.2. The Morgan fingerprint density at radius 3 is 2.18 bits per heavy atom. The lowest BCUT2D eigenvalue weighted by Crippen LogP contribution is -2.05. The first kappa shape index (κ1) is 8.14. The summed E-state index contributed by atoms with van der Waals surface area (Å²) in [5.41, 5.74) is 0.616. The smallest absolute Gasteiger partial charge is 0.126 e. The molecule has 1 nitrogen and oxygen atoms in total. The van der Waals surface area contributed by atoms with Crippen LogP contribution in [0.25, 0.3) is 0 Å². The van der Waals surface area contributed by atoms with E-state index in [0.717, 1.165) is 6.07 Å². The molecule has 11 heavy (non-hydrogen) atoms. The maximum absolute atomic E-state index is 12.5. The minimum Gasteiger partial charge on any atom is -0.316 e. The summed E-state index contributed by atoms with van der Waals surface area (Å²) in [5, 5.41) is 2.81. The second kappa shape index (κ2) is 3.44. The lowest BCUT2D eigenvalue weighted by Gasteiger charge is -1.99. The fraction of sp³-hybridized carbons (Fsp3) is 0.250. The van der Waals surface area contributed by atoms with Gasteiger partial charge in [-0.1, -0.05) is 0 Å². The molecule has 0 heterocycles. The van der Waals surface area contributed by atoms with Crippen molar-refractivity contribution in [2.24, 2.45) is 0 Å². The van der Waals surface area contributed by atoms with Gasteiger partial charge in [-0.15, -0.1) is 0 Å². The first-order valence-electron chi connectivity index (χ1n) is 3.32. The van der Waals surface area contributed by atoms with E-state index < -0.39 is 11.6 Å². The molecule has 0 bridgehead atoms. The Morgan fingerprint density at radius 1 is 1.18 bits per heavy atom. The molecule has 0 spiro atoms. The zero-order valence-electron chi connectivity index (χ0n) is 6.20. The van der Waals surface area contributed by atoms with Gasteiger partial charge >= 0.3 is 0 Å². The Labute approximate surface area is 64.0 Å². The van der Waals surface area contributed by atoms with Crippen LogP contribution in [0.4, 0.5) is 8.78 Å². The predicted octanol–water partition coefficient (Wildman–Crippen LogP) is 1.68. The summed E-state index contributed by atoms with van der Waals surface area (Å²) in [7, 11) is 1.73. The van der Waals surface area contributed by atoms with Crippen molar-refractivity contribution in [3.63, 3.8) is 0 Å². The van der Waals surface area contributed by atoms with E-state index in [1.165, 1.54) is 12.1 Å². The Morgan fingerprint density at radius 2 is 1.73 bits per heavy atom. The largest absolute Gasteiger partial charge is 0.316 e. The van der Waals surface area contributed by atoms with Crippen LogP contribution in [0.15, 0.2) is 18.2 Å². The third-order valence-electron chi connectivity index (χ3n) is 1.30. The van der Waals surface area contributed by atoms with Crippen LogP contribution in [-0.4, -0.2) is 7.05 Å². The summed E-state index contributed by atoms with van der Waals surface area (Å²) in [6.45, 7) is 0.481. The van der Waals surface area contributed by atoms with E-state index in [2.05, 4.69) is 5.32 Å². The maximum atomic E-state index is 12.5. The van der Waals surface area contributed by atoms with Gasteiger partial charge in [0.2, 0.25) is 0 Å². The Hall–Kier alpha value is -0.960. The molecule has 1 rings (SSSR count). The molecule has 0 saturated heterocycles. The van der Waals surface area contributed by atoms with Gasteiger partial charge < -0.3 is 5.32 Å². The molecule has 0 aromatic heterocycles. The van der Waals surface area contributed by atoms with Crippen molar-refractivity contribution >= 4 is 0 Å². The molecule has 1 aromatic rings. The number of hydrogen-bond donors (Lipinski definition) is 1. The van der Waals surface area contributed by atoms with Crippen LogP contribution in [0, 0.1) is 11.6 Å². The molecule has 1 aromatic carbocycles. The van der Waals surface area contributed by atoms with Gasteiger partial charge in [-0.2, -0.15) is 0 Å². The van der Waals surface area contributed by atoms with Gasteiger partial charge in [0, 0.05) is 12.6 Å². The van der Waals surface area contributed by atoms with Gasteiger partial charge in [0.25, 0.3) is 0 Å². The normalized spacial score (nSPS) is 10.1. The minimum absolute atomic E-state index is 0.481. The number of nitrogens with one attached hydrogen (secondary N) is 1. The summed E-state index contributed by atoms with van der Waals surface area (Å²) < 4.78 is 25.0. The van der Waals surface area contributed by atoms with Crippen molar-refractivity contribution in [2.45, 2.75) is 6.54 Å². The van der Waals surface area contributed by atoms with Crippen molar-refractivity contribution in [2.75, 3.05) is 7.05 Å². The highest BCUT2D eigenvalue weighted by Crippen LogP contribution is 2.06. The average molecular weight is 157 g/mol. The first-order chi connectivity index (χ1) is 5.22. The summed E-state index contributed by atoms with van der Waals surface area (Å²) in [4.78, 5) is 0. The lowest BCUT2D eigenvalue weighted by molar-refractivity contribution is 0.578. The third kappa shape index (κ3) is 2.27. The maximum Gasteiger partial charge on any atom is 0.126 e. The third-order valence-corrected chi connectivity index (χ3v) is 1.30. The monoisotopic (exact) mass is 157 g/mol. The van der Waals surface area contributed by atoms with Gasteiger partial charge in [0.05, 0.1) is 0 Å². The molecule has 0 radical (unpaired) electrons. The molecule has 0 aliphatic rings. The molecule has 0 amide bonds. The van der Waals surface area contributed by atoms with Crippen LogP contribution in [0.5, 0.6) is 0 Å². The average Bonchev–Trinajstić information content (AvgIpc) is 1.85. The molecular formula is C8H9F2N. The second-order valence-corrected chi connectivity index (χ2v) is 2.31. The SMILES string of the molecule is CNCc1cc(F)cc(F)c1. The van der Waals surface area contributed by atoms with E-state index in [9.17, 15) is 8.78 Å². The van der Waals surface area contributed by atoms with Gasteiger partial charge in [-0.3, -0.25) is 0 Å². The molecular weight excluding hydrogens is 148 g/mol. The zero-order chi connectivity index (χ0) is 8.27. The molecule has 1 N–H and O–H groups in total. The standard InChI is InChI=1S/C8H9F2N/c1-11-5-6-2-7(9)4-8(10)3-6/h2-4,11H,5H2,1H3. The van der Waals surface area contributed by atoms with E-state index in [1.807, 2.05) is 0 Å². The molecule has 0 saturated carbocycles. The summed E-state index contributed by atoms with van der Waals surface area (Å²) in [6.07, 6.45) is 0. The van der Waals surface area contributed by atoms with Gasteiger partial charge in [0.15, 0.2) is 0 Å². The molecule has 60 valence electrons. The zero-order valence-corrected chi connectivity index (χ0v) is 6.20. The van der Waals surface area contributed by atoms with Crippen molar-refractivity contribution in [1.82, 2.24) is 5.32 Å². The van der Waals surface area contributed by atoms with Crippen LogP contribution in [0.1, 0.15) is 5.56 Å². The second-order valence-electron chi connectivity index (χ2n) is 2.31. The van der Waals surface area contributed by atoms with E-state index in [4.69, 9.17) is 0 Å². The highest BCUT2D eigenvalue weighted by Gasteiger charge is 1.98. The molecule has 0 aliphatic carbocycles. The highest BCUT2D eigenvalue weighted by atomic mass is 19.1. The van der Waals surface area contributed by atoms with Gasteiger partial charge in [-0.25, -0.2) is 8.78 Å². The highest BCUT2D eigenvalue weighted by molar-refractivity contribution is 5.17. The van der Waals surface area contributed by atoms with Gasteiger partial charge in [0.1, 0.15) is 11.6 Å². The summed E-state index contributed by atoms with van der Waals surface area (Å²) in [6, 6.07) is 3.47. The van der Waals surface area contributed by atoms with E-state index in [1.54, 1.807) is 7.05 Å². The summed E-state index contributed by atoms with van der Waals surface area (Å²) >= 11 is 0. The van der Waals surface area contributed by atoms with E-state index in [-0.39, 0.29) is 0 Å². The number of benzene rings is 1. The van der Waals surface area contributed by atoms with Crippen molar-refractivity contribution in [1.29, 1.82) is 0 Å². The Balaban J connectivity index is 2.89. The Bertz CT molecular complexity index is 228. The molecule has 0 aliphatic heterocycles. The van der Waals surface area contributed by atoms with Crippen LogP contribution >= 0.6 is 0 Å². The summed E-state index contributed by atoms with van der Waals surface area (Å²) in [5.74, 6) is -1.06. The van der Waals surface area contributed by atoms with Crippen molar-refractivity contribution in [3.8, 4) is 0 Å². The molecule has 0 atom stereocenters. The van der Waals surface area contributed by atoms with Crippen LogP contribution in [0.2, 0.25) is 0 Å². The van der Waals surface area contributed by atoms with Crippen LogP contribution < -0.4 is 5.32 Å². The number of halogens is 2. The Kier molecular flexibility index (Phi) is 2.54. The number of hydrogen-bond acceptors (Lipinski definition) is 1. The van der Waals surface area contributed by atoms with Crippen molar-refractivity contribution < 1.29 is 8.78 Å². The quantitative estimate of drug-likeness (QED) is 0.688. The molecule has 0 unspecified atom stereocenters. The fourth-order valence-electron chi connectivity index (χ4n) is 0.917. The van der Waals surface area contributed by atoms with Crippen LogP contribution in [-0.2, 0) is 6.54 Å². The van der Waals surface area contributed by atoms with Crippen LogP contribution in [0.3, 0.4) is 0 Å². The van der Waals surface area contributed by atoms with Crippen molar-refractivity contribution in [3.05, 3.63) is 35.4 Å². The van der Waals surface area contributed by atoms with E-state index >= 15 is 0 Å².